The van der Waals surface area contributed by atoms with E-state index in [2.05, 4.69) is 10.3 Å². The third-order valence-corrected chi connectivity index (χ3v) is 5.54. The normalized spacial score (nSPS) is 15.6. The minimum atomic E-state index is -0.680. The molecule has 3 aromatic rings. The molecule has 1 aromatic heterocycles. The number of carbonyl (C=O) groups is 2. The van der Waals surface area contributed by atoms with Crippen molar-refractivity contribution >= 4 is 57.7 Å². The standard InChI is InChI=1S/C21H20Cl2N4O3/c1-30-10-4-9-26-20(29)18(27-17-6-3-2-5-16(17)25-21(26)27)12-19(28)24-15-8-7-13(22)11-14(15)23/h2-3,5-8,11,18H,4,9-10,12H2,1H3,(H,24,28)/t18-/m0/s1. The van der Waals surface area contributed by atoms with Gasteiger partial charge in [-0.15, -0.1) is 0 Å². The second kappa shape index (κ2) is 8.63. The molecule has 1 aliphatic rings. The van der Waals surface area contributed by atoms with Gasteiger partial charge < -0.3 is 10.1 Å². The van der Waals surface area contributed by atoms with Crippen LogP contribution in [0.15, 0.2) is 42.5 Å². The van der Waals surface area contributed by atoms with E-state index in [-0.39, 0.29) is 18.2 Å². The molecule has 0 unspecified atom stereocenters. The molecule has 0 radical (unpaired) electrons. The molecule has 9 heteroatoms. The van der Waals surface area contributed by atoms with E-state index in [0.717, 1.165) is 11.0 Å². The van der Waals surface area contributed by atoms with Gasteiger partial charge in [-0.25, -0.2) is 4.98 Å². The number of hydrogen-bond donors (Lipinski definition) is 1. The summed E-state index contributed by atoms with van der Waals surface area (Å²) in [6.45, 7) is 1.00. The molecule has 1 atom stereocenters. The van der Waals surface area contributed by atoms with Crippen molar-refractivity contribution in [3.63, 3.8) is 0 Å². The van der Waals surface area contributed by atoms with Crippen LogP contribution in [0.4, 0.5) is 11.6 Å². The highest BCUT2D eigenvalue weighted by Crippen LogP contribution is 2.37. The molecule has 156 valence electrons. The van der Waals surface area contributed by atoms with Crippen LogP contribution in [0.2, 0.25) is 10.0 Å². The molecule has 2 heterocycles. The number of aromatic nitrogens is 2. The van der Waals surface area contributed by atoms with Crippen molar-refractivity contribution in [2.45, 2.75) is 18.9 Å². The predicted molar refractivity (Wildman–Crippen MR) is 117 cm³/mol. The number of carbonyl (C=O) groups excluding carboxylic acids is 2. The molecule has 1 N–H and O–H groups in total. The number of imidazole rings is 1. The first-order valence-electron chi connectivity index (χ1n) is 9.52. The number of benzene rings is 2. The van der Waals surface area contributed by atoms with Crippen LogP contribution in [0.3, 0.4) is 0 Å². The highest BCUT2D eigenvalue weighted by atomic mass is 35.5. The molecule has 2 amide bonds. The second-order valence-electron chi connectivity index (χ2n) is 7.00. The van der Waals surface area contributed by atoms with E-state index in [1.165, 1.54) is 0 Å². The van der Waals surface area contributed by atoms with Gasteiger partial charge in [0.1, 0.15) is 6.04 Å². The van der Waals surface area contributed by atoms with Crippen molar-refractivity contribution in [1.82, 2.24) is 9.55 Å². The number of rotatable bonds is 7. The summed E-state index contributed by atoms with van der Waals surface area (Å²) in [5.74, 6) is 0.0800. The third-order valence-electron chi connectivity index (χ3n) is 5.00. The van der Waals surface area contributed by atoms with Crippen molar-refractivity contribution in [3.8, 4) is 0 Å². The number of anilines is 2. The molecule has 4 rings (SSSR count). The fourth-order valence-electron chi connectivity index (χ4n) is 3.64. The Morgan fingerprint density at radius 1 is 1.23 bits per heavy atom. The zero-order chi connectivity index (χ0) is 21.3. The van der Waals surface area contributed by atoms with Crippen molar-refractivity contribution in [3.05, 3.63) is 52.5 Å². The molecule has 1 aliphatic heterocycles. The maximum Gasteiger partial charge on any atom is 0.253 e. The summed E-state index contributed by atoms with van der Waals surface area (Å²) in [5, 5.41) is 3.58. The van der Waals surface area contributed by atoms with Gasteiger partial charge >= 0.3 is 0 Å². The molecule has 0 bridgehead atoms. The van der Waals surface area contributed by atoms with Crippen LogP contribution in [0.5, 0.6) is 0 Å². The summed E-state index contributed by atoms with van der Waals surface area (Å²) in [4.78, 5) is 32.2. The molecular weight excluding hydrogens is 427 g/mol. The van der Waals surface area contributed by atoms with Crippen LogP contribution in [0, 0.1) is 0 Å². The van der Waals surface area contributed by atoms with Crippen LogP contribution in [-0.4, -0.2) is 41.6 Å². The van der Waals surface area contributed by atoms with E-state index in [9.17, 15) is 9.59 Å². The number of para-hydroxylation sites is 2. The van der Waals surface area contributed by atoms with Crippen molar-refractivity contribution in [2.75, 3.05) is 30.5 Å². The van der Waals surface area contributed by atoms with Gasteiger partial charge in [-0.2, -0.15) is 0 Å². The van der Waals surface area contributed by atoms with Crippen molar-refractivity contribution < 1.29 is 14.3 Å². The largest absolute Gasteiger partial charge is 0.385 e. The molecule has 7 nitrogen and oxygen atoms in total. The van der Waals surface area contributed by atoms with E-state index < -0.39 is 6.04 Å². The molecule has 0 aliphatic carbocycles. The minimum absolute atomic E-state index is 0.0358. The minimum Gasteiger partial charge on any atom is -0.385 e. The fourth-order valence-corrected chi connectivity index (χ4v) is 4.10. The van der Waals surface area contributed by atoms with E-state index >= 15 is 0 Å². The van der Waals surface area contributed by atoms with Gasteiger partial charge in [0.25, 0.3) is 5.91 Å². The van der Waals surface area contributed by atoms with Crippen LogP contribution >= 0.6 is 23.2 Å². The van der Waals surface area contributed by atoms with Crippen LogP contribution in [0.1, 0.15) is 18.9 Å². The zero-order valence-corrected chi connectivity index (χ0v) is 17.8. The summed E-state index contributed by atoms with van der Waals surface area (Å²) in [6, 6.07) is 11.7. The molecule has 0 saturated carbocycles. The quantitative estimate of drug-likeness (QED) is 0.548. The summed E-state index contributed by atoms with van der Waals surface area (Å²) < 4.78 is 6.95. The first-order valence-corrected chi connectivity index (χ1v) is 10.3. The Kier molecular flexibility index (Phi) is 5.94. The fraction of sp³-hybridized carbons (Fsp3) is 0.286. The highest BCUT2D eigenvalue weighted by Gasteiger charge is 2.40. The summed E-state index contributed by atoms with van der Waals surface area (Å²) in [5.41, 5.74) is 2.05. The van der Waals surface area contributed by atoms with Gasteiger partial charge in [-0.05, 0) is 36.8 Å². The summed E-state index contributed by atoms with van der Waals surface area (Å²) in [7, 11) is 1.62. The molecule has 30 heavy (non-hydrogen) atoms. The molecule has 0 saturated heterocycles. The smallest absolute Gasteiger partial charge is 0.253 e. The first-order chi connectivity index (χ1) is 14.5. The number of amides is 2. The number of nitrogens with zero attached hydrogens (tertiary/aromatic N) is 3. The SMILES string of the molecule is COCCCN1C(=O)[C@H](CC(=O)Nc2ccc(Cl)cc2Cl)n2c1nc1ccccc12. The Balaban J connectivity index is 1.61. The average Bonchev–Trinajstić information content (AvgIpc) is 3.20. The van der Waals surface area contributed by atoms with Crippen molar-refractivity contribution in [1.29, 1.82) is 0 Å². The number of methoxy groups -OCH3 is 1. The summed E-state index contributed by atoms with van der Waals surface area (Å²) >= 11 is 12.1. The summed E-state index contributed by atoms with van der Waals surface area (Å²) in [6.07, 6.45) is 0.636. The molecular formula is C21H20Cl2N4O3. The first kappa shape index (κ1) is 20.7. The van der Waals surface area contributed by atoms with Crippen molar-refractivity contribution in [2.24, 2.45) is 0 Å². The predicted octanol–water partition coefficient (Wildman–Crippen LogP) is 4.30. The zero-order valence-electron chi connectivity index (χ0n) is 16.3. The lowest BCUT2D eigenvalue weighted by Gasteiger charge is -2.16. The van der Waals surface area contributed by atoms with Gasteiger partial charge in [0.15, 0.2) is 0 Å². The lowest BCUT2D eigenvalue weighted by Crippen LogP contribution is -2.32. The lowest BCUT2D eigenvalue weighted by atomic mass is 10.1. The number of hydrogen-bond acceptors (Lipinski definition) is 4. The third kappa shape index (κ3) is 3.88. The van der Waals surface area contributed by atoms with E-state index in [0.29, 0.717) is 41.3 Å². The number of fused-ring (bicyclic) bond motifs is 3. The average molecular weight is 447 g/mol. The molecule has 2 aromatic carbocycles. The number of halogens is 2. The molecule has 0 spiro atoms. The van der Waals surface area contributed by atoms with Crippen LogP contribution < -0.4 is 10.2 Å². The Labute approximate surface area is 183 Å². The second-order valence-corrected chi connectivity index (χ2v) is 7.84. The maximum absolute atomic E-state index is 13.2. The Bertz CT molecular complexity index is 1110. The van der Waals surface area contributed by atoms with Crippen LogP contribution in [-0.2, 0) is 14.3 Å². The Morgan fingerprint density at radius 2 is 2.03 bits per heavy atom. The monoisotopic (exact) mass is 446 g/mol. The van der Waals surface area contributed by atoms with Gasteiger partial charge in [0.2, 0.25) is 11.9 Å². The highest BCUT2D eigenvalue weighted by molar-refractivity contribution is 6.36. The Hall–Kier alpha value is -2.61. The van der Waals surface area contributed by atoms with Gasteiger partial charge in [0.05, 0.1) is 28.2 Å². The molecule has 0 fully saturated rings. The van der Waals surface area contributed by atoms with E-state index in [1.54, 1.807) is 30.2 Å². The van der Waals surface area contributed by atoms with E-state index in [1.807, 2.05) is 28.8 Å². The van der Waals surface area contributed by atoms with E-state index in [4.69, 9.17) is 27.9 Å². The van der Waals surface area contributed by atoms with Gasteiger partial charge in [0, 0.05) is 25.3 Å². The topological polar surface area (TPSA) is 76.5 Å². The lowest BCUT2D eigenvalue weighted by molar-refractivity contribution is -0.124. The Morgan fingerprint density at radius 3 is 2.80 bits per heavy atom. The number of ether oxygens (including phenoxy) is 1. The van der Waals surface area contributed by atoms with Gasteiger partial charge in [-0.1, -0.05) is 35.3 Å². The maximum atomic E-state index is 13.2. The van der Waals surface area contributed by atoms with Crippen LogP contribution in [0.25, 0.3) is 11.0 Å². The number of nitrogens with one attached hydrogen (secondary N) is 1. The van der Waals surface area contributed by atoms with Gasteiger partial charge in [-0.3, -0.25) is 19.1 Å².